The predicted molar refractivity (Wildman–Crippen MR) is 102 cm³/mol. The van der Waals surface area contributed by atoms with Gasteiger partial charge in [0.25, 0.3) is 5.91 Å². The molecule has 5 heteroatoms. The third-order valence-electron chi connectivity index (χ3n) is 4.22. The number of ether oxygens (including phenoxy) is 3. The van der Waals surface area contributed by atoms with Crippen LogP contribution in [0.4, 0.5) is 0 Å². The lowest BCUT2D eigenvalue weighted by Crippen LogP contribution is -2.31. The molecule has 0 aliphatic heterocycles. The molecule has 0 radical (unpaired) electrons. The van der Waals surface area contributed by atoms with E-state index in [9.17, 15) is 4.79 Å². The Kier molecular flexibility index (Phi) is 6.89. The molecule has 0 bridgehead atoms. The van der Waals surface area contributed by atoms with Crippen LogP contribution in [0, 0.1) is 6.92 Å². The lowest BCUT2D eigenvalue weighted by molar-refractivity contribution is -0.123. The maximum absolute atomic E-state index is 12.3. The van der Waals surface area contributed by atoms with Crippen molar-refractivity contribution in [2.45, 2.75) is 33.2 Å². The zero-order valence-corrected chi connectivity index (χ0v) is 16.1. The van der Waals surface area contributed by atoms with Crippen molar-refractivity contribution in [3.8, 4) is 17.2 Å². The first-order chi connectivity index (χ1) is 12.5. The summed E-state index contributed by atoms with van der Waals surface area (Å²) in [7, 11) is 3.12. The smallest absolute Gasteiger partial charge is 0.258 e. The molecule has 0 spiro atoms. The van der Waals surface area contributed by atoms with E-state index in [2.05, 4.69) is 24.4 Å². The number of hydrogen-bond donors (Lipinski definition) is 1. The van der Waals surface area contributed by atoms with E-state index in [0.29, 0.717) is 17.2 Å². The Hall–Kier alpha value is -2.69. The van der Waals surface area contributed by atoms with Crippen molar-refractivity contribution in [3.05, 3.63) is 53.1 Å². The Labute approximate surface area is 155 Å². The van der Waals surface area contributed by atoms with Gasteiger partial charge in [0.15, 0.2) is 18.1 Å². The predicted octanol–water partition coefficient (Wildman–Crippen LogP) is 3.83. The minimum atomic E-state index is -0.207. The van der Waals surface area contributed by atoms with Gasteiger partial charge in [-0.3, -0.25) is 4.79 Å². The lowest BCUT2D eigenvalue weighted by Gasteiger charge is -2.17. The molecule has 0 aliphatic carbocycles. The van der Waals surface area contributed by atoms with Crippen LogP contribution in [0.25, 0.3) is 0 Å². The molecule has 0 heterocycles. The number of hydrogen-bond acceptors (Lipinski definition) is 4. The first kappa shape index (κ1) is 19.6. The largest absolute Gasteiger partial charge is 0.493 e. The molecule has 0 unspecified atom stereocenters. The van der Waals surface area contributed by atoms with Crippen molar-refractivity contribution in [2.75, 3.05) is 20.8 Å². The van der Waals surface area contributed by atoms with Gasteiger partial charge in [-0.25, -0.2) is 0 Å². The molecule has 140 valence electrons. The summed E-state index contributed by atoms with van der Waals surface area (Å²) in [5, 5.41) is 2.94. The highest BCUT2D eigenvalue weighted by Crippen LogP contribution is 2.38. The Morgan fingerprint density at radius 1 is 1.08 bits per heavy atom. The Morgan fingerprint density at radius 3 is 2.15 bits per heavy atom. The standard InChI is InChI=1S/C21H27NO4/c1-6-16-7-9-17(10-8-16)15(3)22-20(23)13-26-21-18(24-4)11-14(2)12-19(21)25-5/h7-12,15H,6,13H2,1-5H3,(H,22,23)/t15-/m1/s1. The van der Waals surface area contributed by atoms with Crippen molar-refractivity contribution in [2.24, 2.45) is 0 Å². The SMILES string of the molecule is CCc1ccc([C@@H](C)NC(=O)COc2c(OC)cc(C)cc2OC)cc1. The molecule has 5 nitrogen and oxygen atoms in total. The minimum Gasteiger partial charge on any atom is -0.493 e. The van der Waals surface area contributed by atoms with Crippen LogP contribution in [-0.4, -0.2) is 26.7 Å². The molecular weight excluding hydrogens is 330 g/mol. The highest BCUT2D eigenvalue weighted by Gasteiger charge is 2.16. The van der Waals surface area contributed by atoms with E-state index >= 15 is 0 Å². The second kappa shape index (κ2) is 9.13. The average molecular weight is 357 g/mol. The molecule has 2 aromatic rings. The Balaban J connectivity index is 2.00. The number of methoxy groups -OCH3 is 2. The van der Waals surface area contributed by atoms with E-state index < -0.39 is 0 Å². The summed E-state index contributed by atoms with van der Waals surface area (Å²) in [5.74, 6) is 1.30. The van der Waals surface area contributed by atoms with E-state index in [-0.39, 0.29) is 18.6 Å². The average Bonchev–Trinajstić information content (AvgIpc) is 2.66. The molecule has 0 fully saturated rings. The van der Waals surface area contributed by atoms with Gasteiger partial charge in [0.2, 0.25) is 5.75 Å². The number of aryl methyl sites for hydroxylation is 2. The zero-order chi connectivity index (χ0) is 19.1. The minimum absolute atomic E-state index is 0.0983. The van der Waals surface area contributed by atoms with E-state index in [1.807, 2.05) is 38.1 Å². The number of carbonyl (C=O) groups excluding carboxylic acids is 1. The fourth-order valence-electron chi connectivity index (χ4n) is 2.70. The second-order valence-electron chi connectivity index (χ2n) is 6.17. The summed E-state index contributed by atoms with van der Waals surface area (Å²) >= 11 is 0. The van der Waals surface area contributed by atoms with E-state index in [1.165, 1.54) is 5.56 Å². The second-order valence-corrected chi connectivity index (χ2v) is 6.17. The van der Waals surface area contributed by atoms with Gasteiger partial charge in [-0.1, -0.05) is 31.2 Å². The van der Waals surface area contributed by atoms with Crippen molar-refractivity contribution >= 4 is 5.91 Å². The maximum Gasteiger partial charge on any atom is 0.258 e. The number of rotatable bonds is 8. The summed E-state index contributed by atoms with van der Waals surface area (Å²) in [6.07, 6.45) is 0.995. The van der Waals surface area contributed by atoms with Gasteiger partial charge in [0.05, 0.1) is 20.3 Å². The fourth-order valence-corrected chi connectivity index (χ4v) is 2.70. The molecule has 1 N–H and O–H groups in total. The number of carbonyl (C=O) groups is 1. The third-order valence-corrected chi connectivity index (χ3v) is 4.22. The van der Waals surface area contributed by atoms with Gasteiger partial charge in [0, 0.05) is 0 Å². The Bertz CT molecular complexity index is 715. The Morgan fingerprint density at radius 2 is 1.65 bits per heavy atom. The molecule has 2 rings (SSSR count). The molecular formula is C21H27NO4. The fraction of sp³-hybridized carbons (Fsp3) is 0.381. The third kappa shape index (κ3) is 4.91. The lowest BCUT2D eigenvalue weighted by atomic mass is 10.1. The molecule has 1 atom stereocenters. The van der Waals surface area contributed by atoms with Gasteiger partial charge >= 0.3 is 0 Å². The van der Waals surface area contributed by atoms with Crippen molar-refractivity contribution < 1.29 is 19.0 Å². The molecule has 0 aromatic heterocycles. The molecule has 0 saturated heterocycles. The zero-order valence-electron chi connectivity index (χ0n) is 16.1. The topological polar surface area (TPSA) is 56.8 Å². The summed E-state index contributed by atoms with van der Waals surface area (Å²) in [4.78, 5) is 12.3. The van der Waals surface area contributed by atoms with Gasteiger partial charge in [0.1, 0.15) is 0 Å². The summed E-state index contributed by atoms with van der Waals surface area (Å²) in [6, 6.07) is 11.8. The number of benzene rings is 2. The van der Waals surface area contributed by atoms with Gasteiger partial charge in [-0.05, 0) is 49.1 Å². The van der Waals surface area contributed by atoms with Crippen molar-refractivity contribution in [1.29, 1.82) is 0 Å². The van der Waals surface area contributed by atoms with E-state index in [0.717, 1.165) is 17.5 Å². The quantitative estimate of drug-likeness (QED) is 0.780. The van der Waals surface area contributed by atoms with Gasteiger partial charge < -0.3 is 19.5 Å². The maximum atomic E-state index is 12.3. The molecule has 0 aliphatic rings. The van der Waals surface area contributed by atoms with Crippen LogP contribution < -0.4 is 19.5 Å². The number of nitrogens with one attached hydrogen (secondary N) is 1. The monoisotopic (exact) mass is 357 g/mol. The first-order valence-electron chi connectivity index (χ1n) is 8.72. The summed E-state index contributed by atoms with van der Waals surface area (Å²) in [6.45, 7) is 5.89. The van der Waals surface area contributed by atoms with Gasteiger partial charge in [-0.15, -0.1) is 0 Å². The van der Waals surface area contributed by atoms with Crippen LogP contribution in [-0.2, 0) is 11.2 Å². The molecule has 0 saturated carbocycles. The highest BCUT2D eigenvalue weighted by molar-refractivity contribution is 5.78. The van der Waals surface area contributed by atoms with Crippen molar-refractivity contribution in [3.63, 3.8) is 0 Å². The normalized spacial score (nSPS) is 11.6. The first-order valence-corrected chi connectivity index (χ1v) is 8.72. The molecule has 2 aromatic carbocycles. The van der Waals surface area contributed by atoms with Crippen LogP contribution in [0.5, 0.6) is 17.2 Å². The van der Waals surface area contributed by atoms with Crippen LogP contribution in [0.2, 0.25) is 0 Å². The van der Waals surface area contributed by atoms with Gasteiger partial charge in [-0.2, -0.15) is 0 Å². The van der Waals surface area contributed by atoms with E-state index in [1.54, 1.807) is 14.2 Å². The molecule has 1 amide bonds. The van der Waals surface area contributed by atoms with Crippen LogP contribution >= 0.6 is 0 Å². The summed E-state index contributed by atoms with van der Waals surface area (Å²) < 4.78 is 16.4. The summed E-state index contributed by atoms with van der Waals surface area (Å²) in [5.41, 5.74) is 3.31. The van der Waals surface area contributed by atoms with Crippen LogP contribution in [0.3, 0.4) is 0 Å². The van der Waals surface area contributed by atoms with E-state index in [4.69, 9.17) is 14.2 Å². The van der Waals surface area contributed by atoms with Crippen LogP contribution in [0.1, 0.15) is 36.6 Å². The highest BCUT2D eigenvalue weighted by atomic mass is 16.5. The van der Waals surface area contributed by atoms with Crippen molar-refractivity contribution in [1.82, 2.24) is 5.32 Å². The van der Waals surface area contributed by atoms with Crippen LogP contribution in [0.15, 0.2) is 36.4 Å². The molecule has 26 heavy (non-hydrogen) atoms. The number of amides is 1.